The molecule has 0 radical (unpaired) electrons. The van der Waals surface area contributed by atoms with Crippen LogP contribution in [0.2, 0.25) is 0 Å². The number of ketones is 1. The Morgan fingerprint density at radius 1 is 1.70 bits per heavy atom. The van der Waals surface area contributed by atoms with Crippen LogP contribution in [0.3, 0.4) is 0 Å². The molecule has 1 N–H and O–H groups in total. The zero-order valence-corrected chi connectivity index (χ0v) is 6.91. The minimum Gasteiger partial charge on any atom is -0.396 e. The summed E-state index contributed by atoms with van der Waals surface area (Å²) in [7, 11) is 0. The summed E-state index contributed by atoms with van der Waals surface area (Å²) in [6.07, 6.45) is 0. The molecule has 3 heteroatoms. The predicted octanol–water partition coefficient (Wildman–Crippen LogP) is 0.857. The molecule has 10 heavy (non-hydrogen) atoms. The second-order valence-corrected chi connectivity index (χ2v) is 3.04. The highest BCUT2D eigenvalue weighted by Crippen LogP contribution is 2.05. The van der Waals surface area contributed by atoms with E-state index in [4.69, 9.17) is 5.11 Å². The number of aliphatic hydroxyl groups excluding tert-OH is 1. The topological polar surface area (TPSA) is 37.3 Å². The van der Waals surface area contributed by atoms with Crippen molar-refractivity contribution in [3.8, 4) is 0 Å². The van der Waals surface area contributed by atoms with Gasteiger partial charge in [-0.25, -0.2) is 0 Å². The number of Topliss-reactive ketones (excluding diaryl/α,β-unsaturated/α-hetero) is 1. The first-order valence-electron chi connectivity index (χ1n) is 3.05. The van der Waals surface area contributed by atoms with Crippen LogP contribution in [0.25, 0.3) is 0 Å². The van der Waals surface area contributed by atoms with Gasteiger partial charge in [0.15, 0.2) is 5.78 Å². The first-order valence-corrected chi connectivity index (χ1v) is 4.21. The Morgan fingerprint density at radius 2 is 2.30 bits per heavy atom. The Bertz CT molecular complexity index is 132. The van der Waals surface area contributed by atoms with Crippen molar-refractivity contribution in [3.63, 3.8) is 0 Å². The smallest absolute Gasteiger partial charge is 0.156 e. The third-order valence-electron chi connectivity index (χ3n) is 1.01. The van der Waals surface area contributed by atoms with Crippen LogP contribution < -0.4 is 0 Å². The van der Waals surface area contributed by atoms with Crippen molar-refractivity contribution < 1.29 is 9.90 Å². The van der Waals surface area contributed by atoms with Crippen LogP contribution in [0.5, 0.6) is 0 Å². The van der Waals surface area contributed by atoms with Gasteiger partial charge in [-0.05, 0) is 12.5 Å². The van der Waals surface area contributed by atoms with Gasteiger partial charge >= 0.3 is 0 Å². The molecule has 0 rings (SSSR count). The molecule has 0 amide bonds. The van der Waals surface area contributed by atoms with Crippen molar-refractivity contribution in [2.24, 2.45) is 0 Å². The molecule has 0 heterocycles. The highest BCUT2D eigenvalue weighted by atomic mass is 32.2. The Kier molecular flexibility index (Phi) is 5.35. The molecule has 0 aliphatic heterocycles. The number of rotatable bonds is 5. The van der Waals surface area contributed by atoms with Crippen molar-refractivity contribution in [2.75, 3.05) is 18.1 Å². The van der Waals surface area contributed by atoms with Gasteiger partial charge in [-0.15, -0.1) is 0 Å². The van der Waals surface area contributed by atoms with Crippen LogP contribution in [0.4, 0.5) is 0 Å². The van der Waals surface area contributed by atoms with Gasteiger partial charge in [-0.3, -0.25) is 4.79 Å². The molecule has 0 aliphatic rings. The second kappa shape index (κ2) is 5.50. The number of aliphatic hydroxyl groups is 1. The van der Waals surface area contributed by atoms with E-state index in [9.17, 15) is 4.79 Å². The minimum atomic E-state index is 0.0328. The Hall–Kier alpha value is -0.280. The first-order chi connectivity index (χ1) is 4.68. The van der Waals surface area contributed by atoms with Crippen LogP contribution in [-0.4, -0.2) is 29.0 Å². The van der Waals surface area contributed by atoms with Gasteiger partial charge < -0.3 is 5.11 Å². The van der Waals surface area contributed by atoms with Gasteiger partial charge in [0.25, 0.3) is 0 Å². The van der Waals surface area contributed by atoms with Gasteiger partial charge in [0, 0.05) is 11.5 Å². The molecule has 0 atom stereocenters. The molecule has 0 aliphatic carbocycles. The van der Waals surface area contributed by atoms with Gasteiger partial charge in [0.05, 0.1) is 6.61 Å². The number of carbonyl (C=O) groups is 1. The lowest BCUT2D eigenvalue weighted by molar-refractivity contribution is -0.113. The number of thioether (sulfide) groups is 1. The zero-order valence-electron chi connectivity index (χ0n) is 6.09. The quantitative estimate of drug-likeness (QED) is 0.478. The number of hydrogen-bond donors (Lipinski definition) is 1. The molecule has 58 valence electrons. The maximum absolute atomic E-state index is 10.6. The number of hydrogen-bond acceptors (Lipinski definition) is 3. The monoisotopic (exact) mass is 160 g/mol. The molecule has 0 aromatic carbocycles. The normalized spacial score (nSPS) is 9.40. The van der Waals surface area contributed by atoms with Crippen LogP contribution in [0.15, 0.2) is 12.2 Å². The molecule has 0 spiro atoms. The highest BCUT2D eigenvalue weighted by molar-refractivity contribution is 7.99. The summed E-state index contributed by atoms with van der Waals surface area (Å²) in [5, 5.41) is 8.38. The molecule has 0 saturated heterocycles. The molecule has 0 bridgehead atoms. The number of carbonyl (C=O) groups excluding carboxylic acids is 1. The molecular weight excluding hydrogens is 148 g/mol. The van der Waals surface area contributed by atoms with E-state index in [0.717, 1.165) is 0 Å². The van der Waals surface area contributed by atoms with E-state index in [1.807, 2.05) is 0 Å². The maximum atomic E-state index is 10.6. The van der Waals surface area contributed by atoms with Gasteiger partial charge in [0.2, 0.25) is 0 Å². The lowest BCUT2D eigenvalue weighted by Gasteiger charge is -1.98. The van der Waals surface area contributed by atoms with E-state index in [0.29, 0.717) is 17.1 Å². The maximum Gasteiger partial charge on any atom is 0.156 e. The minimum absolute atomic E-state index is 0.0328. The van der Waals surface area contributed by atoms with Crippen LogP contribution in [0, 0.1) is 0 Å². The Morgan fingerprint density at radius 3 is 2.70 bits per heavy atom. The summed E-state index contributed by atoms with van der Waals surface area (Å²) >= 11 is 1.52. The average Bonchev–Trinajstić information content (AvgIpc) is 1.88. The fourth-order valence-electron chi connectivity index (χ4n) is 0.362. The second-order valence-electron chi connectivity index (χ2n) is 1.94. The van der Waals surface area contributed by atoms with Crippen molar-refractivity contribution in [1.29, 1.82) is 0 Å². The van der Waals surface area contributed by atoms with Crippen LogP contribution in [0.1, 0.15) is 6.92 Å². The van der Waals surface area contributed by atoms with Gasteiger partial charge in [-0.2, -0.15) is 11.8 Å². The van der Waals surface area contributed by atoms with Crippen molar-refractivity contribution in [3.05, 3.63) is 12.2 Å². The van der Waals surface area contributed by atoms with Crippen molar-refractivity contribution in [2.45, 2.75) is 6.92 Å². The van der Waals surface area contributed by atoms with E-state index in [1.165, 1.54) is 18.7 Å². The summed E-state index contributed by atoms with van der Waals surface area (Å²) < 4.78 is 0. The largest absolute Gasteiger partial charge is 0.396 e. The molecule has 0 unspecified atom stereocenters. The van der Waals surface area contributed by atoms with E-state index < -0.39 is 0 Å². The first kappa shape index (κ1) is 9.72. The zero-order chi connectivity index (χ0) is 7.98. The molecule has 0 aromatic heterocycles. The Labute approximate surface area is 65.3 Å². The lowest BCUT2D eigenvalue weighted by Crippen LogP contribution is -1.98. The van der Waals surface area contributed by atoms with Crippen LogP contribution >= 0.6 is 11.8 Å². The summed E-state index contributed by atoms with van der Waals surface area (Å²) in [6, 6.07) is 0. The molecule has 0 aromatic rings. The summed E-state index contributed by atoms with van der Waals surface area (Å²) in [6.45, 7) is 5.24. The molecular formula is C7H12O2S. The van der Waals surface area contributed by atoms with Gasteiger partial charge in [0.1, 0.15) is 0 Å². The van der Waals surface area contributed by atoms with Crippen LogP contribution in [-0.2, 0) is 4.79 Å². The average molecular weight is 160 g/mol. The fourth-order valence-corrected chi connectivity index (χ4v) is 1.08. The third kappa shape index (κ3) is 4.58. The Balaban J connectivity index is 3.31. The summed E-state index contributed by atoms with van der Waals surface area (Å²) in [5.74, 6) is 1.34. The summed E-state index contributed by atoms with van der Waals surface area (Å²) in [4.78, 5) is 10.6. The van der Waals surface area contributed by atoms with Crippen molar-refractivity contribution >= 4 is 17.5 Å². The van der Waals surface area contributed by atoms with E-state index in [2.05, 4.69) is 6.58 Å². The van der Waals surface area contributed by atoms with Crippen molar-refractivity contribution in [1.82, 2.24) is 0 Å². The fraction of sp³-hybridized carbons (Fsp3) is 0.571. The van der Waals surface area contributed by atoms with Gasteiger partial charge in [-0.1, -0.05) is 6.58 Å². The molecule has 0 saturated carbocycles. The lowest BCUT2D eigenvalue weighted by atomic mass is 10.2. The van der Waals surface area contributed by atoms with E-state index in [1.54, 1.807) is 0 Å². The standard InChI is InChI=1S/C7H12O2S/c1-6(7(2)9)5-10-4-3-8/h8H,1,3-5H2,2H3. The SMILES string of the molecule is C=C(CSCCO)C(C)=O. The van der Waals surface area contributed by atoms with E-state index >= 15 is 0 Å². The predicted molar refractivity (Wildman–Crippen MR) is 44.2 cm³/mol. The molecule has 0 fully saturated rings. The van der Waals surface area contributed by atoms with E-state index in [-0.39, 0.29) is 12.4 Å². The third-order valence-corrected chi connectivity index (χ3v) is 2.03. The summed E-state index contributed by atoms with van der Waals surface area (Å²) in [5.41, 5.74) is 0.624. The highest BCUT2D eigenvalue weighted by Gasteiger charge is 1.98. The molecule has 2 nitrogen and oxygen atoms in total.